The molecule has 0 amide bonds. The van der Waals surface area contributed by atoms with Crippen LogP contribution in [0.2, 0.25) is 0 Å². The molecule has 2 N–H and O–H groups in total. The molecular weight excluding hydrogens is 193 g/mol. The predicted molar refractivity (Wildman–Crippen MR) is 62.3 cm³/mol. The van der Waals surface area contributed by atoms with E-state index in [-0.39, 0.29) is 7.24 Å². The fourth-order valence-electron chi connectivity index (χ4n) is 1.15. The molecule has 0 aliphatic carbocycles. The Morgan fingerprint density at radius 2 is 2.13 bits per heavy atom. The summed E-state index contributed by atoms with van der Waals surface area (Å²) in [5, 5.41) is 0. The molecule has 86 valence electrons. The van der Waals surface area contributed by atoms with E-state index in [1.54, 1.807) is 19.1 Å². The van der Waals surface area contributed by atoms with Crippen molar-refractivity contribution < 1.29 is 10.6 Å². The Morgan fingerprint density at radius 3 is 2.60 bits per heavy atom. The average Bonchev–Trinajstić information content (AvgIpc) is 2.26. The number of benzene rings is 1. The minimum absolute atomic E-state index is 0. The molecule has 0 unspecified atom stereocenters. The summed E-state index contributed by atoms with van der Waals surface area (Å²) in [6.07, 6.45) is 1.16. The Bertz CT molecular complexity index is 318. The van der Waals surface area contributed by atoms with Crippen molar-refractivity contribution in [3.8, 4) is 0 Å². The normalized spacial score (nSPS) is 11.3. The molecule has 15 heavy (non-hydrogen) atoms. The van der Waals surface area contributed by atoms with Gasteiger partial charge in [-0.2, -0.15) is 0 Å². The molecule has 0 aliphatic heterocycles. The number of nitrogens with two attached hydrogens (primary N) is 1. The molecule has 0 heterocycles. The summed E-state index contributed by atoms with van der Waals surface area (Å²) < 4.78 is 12.8. The van der Waals surface area contributed by atoms with E-state index in [9.17, 15) is 9.18 Å². The summed E-state index contributed by atoms with van der Waals surface area (Å²) in [6.45, 7) is 5.69. The maximum atomic E-state index is 12.8. The van der Waals surface area contributed by atoms with Crippen LogP contribution in [0.25, 0.3) is 0 Å². The molecule has 0 saturated heterocycles. The van der Waals surface area contributed by atoms with E-state index < -0.39 is 6.04 Å². The van der Waals surface area contributed by atoms with E-state index in [2.05, 4.69) is 0 Å². The van der Waals surface area contributed by atoms with Crippen molar-refractivity contribution in [2.75, 3.05) is 0 Å². The lowest BCUT2D eigenvalue weighted by Crippen LogP contribution is -2.24. The van der Waals surface area contributed by atoms with E-state index in [0.717, 1.165) is 5.56 Å². The van der Waals surface area contributed by atoms with Gasteiger partial charge in [0.25, 0.3) is 0 Å². The van der Waals surface area contributed by atoms with Crippen molar-refractivity contribution in [2.45, 2.75) is 33.2 Å². The number of rotatable bonds is 3. The van der Waals surface area contributed by atoms with Crippen molar-refractivity contribution in [3.63, 3.8) is 0 Å². The van der Waals surface area contributed by atoms with Crippen LogP contribution in [0.3, 0.4) is 0 Å². The minimum Gasteiger partial charge on any atom is -0.321 e. The largest absolute Gasteiger partial charge is 0.321 e. The molecule has 0 aliphatic rings. The first-order valence-corrected chi connectivity index (χ1v) is 5.09. The fourth-order valence-corrected chi connectivity index (χ4v) is 1.15. The van der Waals surface area contributed by atoms with Gasteiger partial charge >= 0.3 is 0 Å². The van der Waals surface area contributed by atoms with Crippen LogP contribution in [0.4, 0.5) is 4.39 Å². The second-order valence-electron chi connectivity index (χ2n) is 3.09. The minimum atomic E-state index is -0.495. The molecule has 0 spiro atoms. The first-order valence-electron chi connectivity index (χ1n) is 5.09. The molecule has 1 aromatic rings. The first-order chi connectivity index (χ1) is 7.13. The maximum absolute atomic E-state index is 12.8. The molecular formula is C12H20FNO. The molecule has 0 saturated carbocycles. The summed E-state index contributed by atoms with van der Waals surface area (Å²) in [5.74, 6) is -0.233. The Labute approximate surface area is 91.8 Å². The van der Waals surface area contributed by atoms with Crippen LogP contribution in [-0.2, 0) is 11.2 Å². The zero-order chi connectivity index (χ0) is 11.8. The van der Waals surface area contributed by atoms with E-state index in [0.29, 0.717) is 18.3 Å². The fraction of sp³-hybridized carbons (Fsp3) is 0.417. The SMILES string of the molecule is CC.Cc1cc(C[C@H](N)C=O)ccc1F.[HH]. The zero-order valence-corrected chi connectivity index (χ0v) is 9.46. The number of hydrogen-bond donors (Lipinski definition) is 1. The van der Waals surface area contributed by atoms with Gasteiger partial charge in [-0.1, -0.05) is 26.0 Å². The van der Waals surface area contributed by atoms with Crippen LogP contribution in [0.15, 0.2) is 18.2 Å². The third kappa shape index (κ3) is 4.70. The highest BCUT2D eigenvalue weighted by atomic mass is 19.1. The number of carbonyl (C=O) groups excluding carboxylic acids is 1. The molecule has 1 atom stereocenters. The highest BCUT2D eigenvalue weighted by Gasteiger charge is 2.03. The Balaban J connectivity index is 0. The summed E-state index contributed by atoms with van der Waals surface area (Å²) >= 11 is 0. The smallest absolute Gasteiger partial charge is 0.137 e. The van der Waals surface area contributed by atoms with Crippen molar-refractivity contribution in [2.24, 2.45) is 5.73 Å². The van der Waals surface area contributed by atoms with Crippen molar-refractivity contribution >= 4 is 6.29 Å². The monoisotopic (exact) mass is 213 g/mol. The van der Waals surface area contributed by atoms with Crippen LogP contribution in [0.5, 0.6) is 0 Å². The Morgan fingerprint density at radius 1 is 1.53 bits per heavy atom. The lowest BCUT2D eigenvalue weighted by molar-refractivity contribution is -0.108. The van der Waals surface area contributed by atoms with E-state index in [4.69, 9.17) is 5.73 Å². The summed E-state index contributed by atoms with van der Waals surface area (Å²) in [6, 6.07) is 4.25. The number of aryl methyl sites for hydroxylation is 1. The molecule has 0 radical (unpaired) electrons. The van der Waals surface area contributed by atoms with Crippen molar-refractivity contribution in [1.82, 2.24) is 0 Å². The highest BCUT2D eigenvalue weighted by molar-refractivity contribution is 5.57. The third-order valence-corrected chi connectivity index (χ3v) is 1.87. The molecule has 1 aromatic carbocycles. The number of hydrogen-bond acceptors (Lipinski definition) is 2. The number of halogens is 1. The summed E-state index contributed by atoms with van der Waals surface area (Å²) in [4.78, 5) is 10.3. The Kier molecular flexibility index (Phi) is 6.54. The average molecular weight is 213 g/mol. The Hall–Kier alpha value is -1.22. The lowest BCUT2D eigenvalue weighted by atomic mass is 10.0. The van der Waals surface area contributed by atoms with Gasteiger partial charge in [-0.3, -0.25) is 0 Å². The van der Waals surface area contributed by atoms with Gasteiger partial charge in [0.05, 0.1) is 6.04 Å². The van der Waals surface area contributed by atoms with Crippen LogP contribution in [-0.4, -0.2) is 12.3 Å². The van der Waals surface area contributed by atoms with Crippen LogP contribution in [0.1, 0.15) is 26.4 Å². The molecule has 3 heteroatoms. The van der Waals surface area contributed by atoms with Gasteiger partial charge in [0.1, 0.15) is 12.1 Å². The second-order valence-corrected chi connectivity index (χ2v) is 3.09. The molecule has 0 aromatic heterocycles. The van der Waals surface area contributed by atoms with Crippen LogP contribution in [0, 0.1) is 12.7 Å². The first kappa shape index (κ1) is 13.8. The van der Waals surface area contributed by atoms with E-state index >= 15 is 0 Å². The molecule has 2 nitrogen and oxygen atoms in total. The van der Waals surface area contributed by atoms with E-state index in [1.807, 2.05) is 13.8 Å². The second kappa shape index (κ2) is 7.12. The van der Waals surface area contributed by atoms with Crippen molar-refractivity contribution in [3.05, 3.63) is 35.1 Å². The summed E-state index contributed by atoms with van der Waals surface area (Å²) in [7, 11) is 0. The maximum Gasteiger partial charge on any atom is 0.137 e. The number of carbonyl (C=O) groups is 1. The standard InChI is InChI=1S/C10H12FNO.C2H6.H2/c1-7-4-8(2-3-10(7)11)5-9(12)6-13;1-2;/h2-4,6,9H,5,12H2,1H3;1-2H3;1H/t9-;;/m0../s1. The van der Waals surface area contributed by atoms with Gasteiger partial charge in [0.2, 0.25) is 0 Å². The van der Waals surface area contributed by atoms with Gasteiger partial charge in [-0.25, -0.2) is 4.39 Å². The highest BCUT2D eigenvalue weighted by Crippen LogP contribution is 2.10. The molecule has 0 fully saturated rings. The van der Waals surface area contributed by atoms with Gasteiger partial charge in [-0.15, -0.1) is 0 Å². The topological polar surface area (TPSA) is 43.1 Å². The van der Waals surface area contributed by atoms with Gasteiger partial charge in [-0.05, 0) is 30.5 Å². The lowest BCUT2D eigenvalue weighted by Gasteiger charge is -2.05. The third-order valence-electron chi connectivity index (χ3n) is 1.87. The van der Waals surface area contributed by atoms with Crippen LogP contribution >= 0.6 is 0 Å². The van der Waals surface area contributed by atoms with Crippen LogP contribution < -0.4 is 5.73 Å². The predicted octanol–water partition coefficient (Wildman–Crippen LogP) is 2.48. The number of aldehydes is 1. The van der Waals surface area contributed by atoms with Gasteiger partial charge in [0, 0.05) is 1.43 Å². The van der Waals surface area contributed by atoms with Gasteiger partial charge < -0.3 is 10.5 Å². The molecule has 1 rings (SSSR count). The summed E-state index contributed by atoms with van der Waals surface area (Å²) in [5.41, 5.74) is 6.90. The molecule has 0 bridgehead atoms. The quantitative estimate of drug-likeness (QED) is 0.784. The van der Waals surface area contributed by atoms with Gasteiger partial charge in [0.15, 0.2) is 0 Å². The van der Waals surface area contributed by atoms with Crippen molar-refractivity contribution in [1.29, 1.82) is 0 Å². The van der Waals surface area contributed by atoms with E-state index in [1.165, 1.54) is 6.07 Å². The zero-order valence-electron chi connectivity index (χ0n) is 9.46.